The first-order chi connectivity index (χ1) is 14.2. The number of ether oxygens (including phenoxy) is 1. The molecule has 4 heterocycles. The molecule has 0 aliphatic rings. The van der Waals surface area contributed by atoms with Crippen molar-refractivity contribution in [2.45, 2.75) is 20.0 Å². The van der Waals surface area contributed by atoms with Crippen molar-refractivity contribution in [3.05, 3.63) is 49.2 Å². The maximum atomic E-state index is 6.02. The monoisotopic (exact) mass is 386 g/mol. The van der Waals surface area contributed by atoms with E-state index in [0.29, 0.717) is 17.2 Å². The van der Waals surface area contributed by atoms with Crippen molar-refractivity contribution in [1.29, 1.82) is 0 Å². The zero-order valence-electron chi connectivity index (χ0n) is 15.8. The van der Waals surface area contributed by atoms with E-state index >= 15 is 0 Å². The van der Waals surface area contributed by atoms with Gasteiger partial charge in [-0.1, -0.05) is 0 Å². The maximum absolute atomic E-state index is 6.02. The molecule has 144 valence electrons. The molecule has 0 saturated heterocycles. The minimum Gasteiger partial charge on any atom is -0.489 e. The first-order valence-electron chi connectivity index (χ1n) is 9.19. The first kappa shape index (κ1) is 17.1. The second-order valence-electron chi connectivity index (χ2n) is 6.86. The molecule has 0 atom stereocenters. The van der Waals surface area contributed by atoms with Crippen LogP contribution in [0.25, 0.3) is 33.2 Å². The number of hydrogen-bond acceptors (Lipinski definition) is 7. The number of anilines is 2. The summed E-state index contributed by atoms with van der Waals surface area (Å²) < 4.78 is 6.02. The molecule has 0 amide bonds. The van der Waals surface area contributed by atoms with E-state index in [1.165, 1.54) is 6.33 Å². The summed E-state index contributed by atoms with van der Waals surface area (Å²) in [6.45, 7) is 3.97. The van der Waals surface area contributed by atoms with Crippen LogP contribution in [0.15, 0.2) is 49.2 Å². The number of H-pyrrole nitrogens is 2. The van der Waals surface area contributed by atoms with E-state index in [9.17, 15) is 0 Å². The predicted molar refractivity (Wildman–Crippen MR) is 110 cm³/mol. The molecule has 29 heavy (non-hydrogen) atoms. The Balaban J connectivity index is 1.65. The number of fused-ring (bicyclic) bond motifs is 2. The third kappa shape index (κ3) is 3.12. The molecule has 0 unspecified atom stereocenters. The van der Waals surface area contributed by atoms with Gasteiger partial charge in [-0.3, -0.25) is 15.2 Å². The van der Waals surface area contributed by atoms with Crippen LogP contribution < -0.4 is 10.1 Å². The Bertz CT molecular complexity index is 1290. The second-order valence-corrected chi connectivity index (χ2v) is 6.86. The van der Waals surface area contributed by atoms with E-state index in [-0.39, 0.29) is 6.10 Å². The number of benzene rings is 1. The lowest BCUT2D eigenvalue weighted by Crippen LogP contribution is -2.08. The number of rotatable bonds is 5. The van der Waals surface area contributed by atoms with E-state index in [1.54, 1.807) is 18.6 Å². The largest absolute Gasteiger partial charge is 0.489 e. The van der Waals surface area contributed by atoms with Gasteiger partial charge >= 0.3 is 0 Å². The SMILES string of the molecule is CC(C)Oc1cc2[nH]ncc2cc1Nc1ncnc2[nH]nc(-c3cccnc3)c12. The molecule has 9 heteroatoms. The Morgan fingerprint density at radius 1 is 1.10 bits per heavy atom. The van der Waals surface area contributed by atoms with Crippen LogP contribution in [-0.4, -0.2) is 41.5 Å². The zero-order valence-corrected chi connectivity index (χ0v) is 15.8. The highest BCUT2D eigenvalue weighted by atomic mass is 16.5. The smallest absolute Gasteiger partial charge is 0.161 e. The topological polar surface area (TPSA) is 117 Å². The zero-order chi connectivity index (χ0) is 19.8. The lowest BCUT2D eigenvalue weighted by Gasteiger charge is -2.16. The Labute approximate surface area is 165 Å². The Morgan fingerprint density at radius 3 is 2.86 bits per heavy atom. The standard InChI is InChI=1S/C20H18N8O/c1-11(2)29-16-7-14-13(9-24-26-14)6-15(16)25-19-17-18(12-4-3-5-21-8-12)27-28-20(17)23-10-22-19/h3-11H,1-2H3,(H,24,26)(H2,22,23,25,27,28). The van der Waals surface area contributed by atoms with Gasteiger partial charge in [0.05, 0.1) is 28.9 Å². The molecule has 0 spiro atoms. The van der Waals surface area contributed by atoms with E-state index < -0.39 is 0 Å². The lowest BCUT2D eigenvalue weighted by atomic mass is 10.1. The van der Waals surface area contributed by atoms with Crippen molar-refractivity contribution in [3.63, 3.8) is 0 Å². The molecular formula is C20H18N8O. The number of nitrogens with one attached hydrogen (secondary N) is 3. The molecule has 0 saturated carbocycles. The first-order valence-corrected chi connectivity index (χ1v) is 9.19. The Hall–Kier alpha value is -4.01. The third-order valence-corrected chi connectivity index (χ3v) is 4.45. The fraction of sp³-hybridized carbons (Fsp3) is 0.150. The second kappa shape index (κ2) is 6.86. The van der Waals surface area contributed by atoms with Gasteiger partial charge in [-0.25, -0.2) is 9.97 Å². The molecule has 9 nitrogen and oxygen atoms in total. The van der Waals surface area contributed by atoms with E-state index in [0.717, 1.165) is 33.2 Å². The van der Waals surface area contributed by atoms with Gasteiger partial charge in [0.2, 0.25) is 0 Å². The molecular weight excluding hydrogens is 368 g/mol. The summed E-state index contributed by atoms with van der Waals surface area (Å²) in [5.41, 5.74) is 3.92. The van der Waals surface area contributed by atoms with Crippen molar-refractivity contribution >= 4 is 33.4 Å². The molecule has 0 aliphatic carbocycles. The maximum Gasteiger partial charge on any atom is 0.161 e. The average molecular weight is 386 g/mol. The van der Waals surface area contributed by atoms with Crippen LogP contribution in [-0.2, 0) is 0 Å². The van der Waals surface area contributed by atoms with Gasteiger partial charge < -0.3 is 10.1 Å². The fourth-order valence-electron chi connectivity index (χ4n) is 3.21. The third-order valence-electron chi connectivity index (χ3n) is 4.45. The van der Waals surface area contributed by atoms with Gasteiger partial charge in [0.15, 0.2) is 5.65 Å². The summed E-state index contributed by atoms with van der Waals surface area (Å²) in [6.07, 6.45) is 6.77. The summed E-state index contributed by atoms with van der Waals surface area (Å²) in [6, 6.07) is 7.73. The fourth-order valence-corrected chi connectivity index (χ4v) is 3.21. The molecule has 5 aromatic rings. The van der Waals surface area contributed by atoms with Gasteiger partial charge in [0, 0.05) is 29.4 Å². The molecule has 4 aromatic heterocycles. The Morgan fingerprint density at radius 2 is 2.03 bits per heavy atom. The van der Waals surface area contributed by atoms with Crippen LogP contribution in [0.4, 0.5) is 11.5 Å². The van der Waals surface area contributed by atoms with E-state index in [1.807, 2.05) is 38.1 Å². The molecule has 0 bridgehead atoms. The summed E-state index contributed by atoms with van der Waals surface area (Å²) >= 11 is 0. The molecule has 5 rings (SSSR count). The van der Waals surface area contributed by atoms with Crippen molar-refractivity contribution < 1.29 is 4.74 Å². The van der Waals surface area contributed by atoms with Crippen molar-refractivity contribution in [1.82, 2.24) is 35.3 Å². The summed E-state index contributed by atoms with van der Waals surface area (Å²) in [7, 11) is 0. The summed E-state index contributed by atoms with van der Waals surface area (Å²) in [5.74, 6) is 1.33. The van der Waals surface area contributed by atoms with Crippen LogP contribution in [0.3, 0.4) is 0 Å². The van der Waals surface area contributed by atoms with Crippen LogP contribution in [0.2, 0.25) is 0 Å². The number of pyridine rings is 1. The van der Waals surface area contributed by atoms with Crippen molar-refractivity contribution in [2.75, 3.05) is 5.32 Å². The van der Waals surface area contributed by atoms with Crippen LogP contribution in [0.5, 0.6) is 5.75 Å². The van der Waals surface area contributed by atoms with Gasteiger partial charge in [0.1, 0.15) is 23.6 Å². The van der Waals surface area contributed by atoms with Crippen molar-refractivity contribution in [2.24, 2.45) is 0 Å². The summed E-state index contributed by atoms with van der Waals surface area (Å²) in [4.78, 5) is 13.0. The highest BCUT2D eigenvalue weighted by Crippen LogP contribution is 2.36. The number of hydrogen-bond donors (Lipinski definition) is 3. The van der Waals surface area contributed by atoms with E-state index in [4.69, 9.17) is 4.74 Å². The van der Waals surface area contributed by atoms with Crippen LogP contribution >= 0.6 is 0 Å². The minimum atomic E-state index is 0.0150. The number of nitrogens with zero attached hydrogens (tertiary/aromatic N) is 5. The highest BCUT2D eigenvalue weighted by Gasteiger charge is 2.17. The minimum absolute atomic E-state index is 0.0150. The highest BCUT2D eigenvalue weighted by molar-refractivity contribution is 6.00. The molecule has 0 aliphatic heterocycles. The molecule has 0 fully saturated rings. The van der Waals surface area contributed by atoms with Gasteiger partial charge in [-0.2, -0.15) is 10.2 Å². The van der Waals surface area contributed by atoms with Gasteiger partial charge in [0.25, 0.3) is 0 Å². The molecule has 1 aromatic carbocycles. The quantitative estimate of drug-likeness (QED) is 0.420. The van der Waals surface area contributed by atoms with Crippen molar-refractivity contribution in [3.8, 4) is 17.0 Å². The average Bonchev–Trinajstić information content (AvgIpc) is 3.35. The number of aromatic amines is 2. The van der Waals surface area contributed by atoms with E-state index in [2.05, 4.69) is 40.7 Å². The molecule has 0 radical (unpaired) electrons. The van der Waals surface area contributed by atoms with Gasteiger partial charge in [-0.05, 0) is 32.0 Å². The molecule has 3 N–H and O–H groups in total. The van der Waals surface area contributed by atoms with Gasteiger partial charge in [-0.15, -0.1) is 0 Å². The van der Waals surface area contributed by atoms with Crippen LogP contribution in [0, 0.1) is 0 Å². The lowest BCUT2D eigenvalue weighted by molar-refractivity contribution is 0.244. The number of aromatic nitrogens is 7. The summed E-state index contributed by atoms with van der Waals surface area (Å²) in [5, 5.41) is 19.6. The van der Waals surface area contributed by atoms with Crippen LogP contribution in [0.1, 0.15) is 13.8 Å². The predicted octanol–water partition coefficient (Wildman–Crippen LogP) is 3.82. The normalized spacial score (nSPS) is 11.4. The Kier molecular flexibility index (Phi) is 4.05.